The molecule has 0 aliphatic heterocycles. The van der Waals surface area contributed by atoms with Crippen LogP contribution < -0.4 is 10.1 Å². The summed E-state index contributed by atoms with van der Waals surface area (Å²) in [5.41, 5.74) is 1.17. The standard InChI is InChI=1S/C12H23N3O2/c1-4-8-15-11(12(17-3)10-14-15)5-6-13-7-9-16-2/h10,13H,4-9H2,1-3H3. The number of methoxy groups -OCH3 is 2. The summed E-state index contributed by atoms with van der Waals surface area (Å²) in [6, 6.07) is 0. The number of nitrogens with one attached hydrogen (secondary N) is 1. The molecule has 0 aromatic carbocycles. The molecule has 0 radical (unpaired) electrons. The lowest BCUT2D eigenvalue weighted by molar-refractivity contribution is 0.199. The van der Waals surface area contributed by atoms with E-state index in [0.29, 0.717) is 0 Å². The summed E-state index contributed by atoms with van der Waals surface area (Å²) in [6.45, 7) is 5.62. The molecule has 1 N–H and O–H groups in total. The minimum absolute atomic E-state index is 0.741. The predicted molar refractivity (Wildman–Crippen MR) is 67.5 cm³/mol. The van der Waals surface area contributed by atoms with Crippen molar-refractivity contribution in [3.8, 4) is 5.75 Å². The van der Waals surface area contributed by atoms with Gasteiger partial charge in [-0.3, -0.25) is 4.68 Å². The van der Waals surface area contributed by atoms with Gasteiger partial charge >= 0.3 is 0 Å². The van der Waals surface area contributed by atoms with E-state index >= 15 is 0 Å². The first-order valence-corrected chi connectivity index (χ1v) is 6.11. The van der Waals surface area contributed by atoms with Crippen LogP contribution >= 0.6 is 0 Å². The van der Waals surface area contributed by atoms with Gasteiger partial charge < -0.3 is 14.8 Å². The van der Waals surface area contributed by atoms with Crippen LogP contribution in [0.2, 0.25) is 0 Å². The maximum Gasteiger partial charge on any atom is 0.159 e. The molecule has 0 atom stereocenters. The Bertz CT molecular complexity index is 313. The Balaban J connectivity index is 2.46. The Kier molecular flexibility index (Phi) is 6.65. The van der Waals surface area contributed by atoms with Crippen molar-refractivity contribution in [1.82, 2.24) is 15.1 Å². The maximum atomic E-state index is 5.31. The molecule has 98 valence electrons. The lowest BCUT2D eigenvalue weighted by Crippen LogP contribution is -2.23. The fourth-order valence-corrected chi connectivity index (χ4v) is 1.73. The number of aryl methyl sites for hydroxylation is 1. The zero-order chi connectivity index (χ0) is 12.5. The highest BCUT2D eigenvalue weighted by Crippen LogP contribution is 2.17. The van der Waals surface area contributed by atoms with Crippen LogP contribution in [0.3, 0.4) is 0 Å². The van der Waals surface area contributed by atoms with Gasteiger partial charge in [0.2, 0.25) is 0 Å². The van der Waals surface area contributed by atoms with Crippen LogP contribution in [-0.2, 0) is 17.7 Å². The topological polar surface area (TPSA) is 48.3 Å². The van der Waals surface area contributed by atoms with Crippen molar-refractivity contribution in [2.75, 3.05) is 33.9 Å². The fraction of sp³-hybridized carbons (Fsp3) is 0.750. The van der Waals surface area contributed by atoms with Crippen molar-refractivity contribution in [3.63, 3.8) is 0 Å². The zero-order valence-electron chi connectivity index (χ0n) is 11.0. The van der Waals surface area contributed by atoms with E-state index in [1.54, 1.807) is 20.4 Å². The van der Waals surface area contributed by atoms with Crippen LogP contribution in [0.25, 0.3) is 0 Å². The van der Waals surface area contributed by atoms with Gasteiger partial charge in [-0.15, -0.1) is 0 Å². The molecule has 0 unspecified atom stereocenters. The maximum absolute atomic E-state index is 5.31. The quantitative estimate of drug-likeness (QED) is 0.657. The van der Waals surface area contributed by atoms with Crippen molar-refractivity contribution in [2.24, 2.45) is 0 Å². The number of hydrogen-bond donors (Lipinski definition) is 1. The second kappa shape index (κ2) is 8.08. The Morgan fingerprint density at radius 3 is 2.82 bits per heavy atom. The van der Waals surface area contributed by atoms with Crippen molar-refractivity contribution < 1.29 is 9.47 Å². The van der Waals surface area contributed by atoms with E-state index in [1.165, 1.54) is 5.69 Å². The second-order valence-corrected chi connectivity index (χ2v) is 3.88. The Morgan fingerprint density at radius 1 is 1.35 bits per heavy atom. The molecule has 0 saturated heterocycles. The third-order valence-corrected chi connectivity index (χ3v) is 2.59. The van der Waals surface area contributed by atoms with Gasteiger partial charge in [0.25, 0.3) is 0 Å². The van der Waals surface area contributed by atoms with Crippen molar-refractivity contribution in [3.05, 3.63) is 11.9 Å². The normalized spacial score (nSPS) is 10.8. The molecule has 1 aromatic rings. The van der Waals surface area contributed by atoms with E-state index in [2.05, 4.69) is 17.3 Å². The minimum Gasteiger partial charge on any atom is -0.493 e. The molecule has 0 saturated carbocycles. The third-order valence-electron chi connectivity index (χ3n) is 2.59. The van der Waals surface area contributed by atoms with Gasteiger partial charge in [-0.05, 0) is 6.42 Å². The van der Waals surface area contributed by atoms with Crippen molar-refractivity contribution in [1.29, 1.82) is 0 Å². The largest absolute Gasteiger partial charge is 0.493 e. The van der Waals surface area contributed by atoms with E-state index in [4.69, 9.17) is 9.47 Å². The number of hydrogen-bond acceptors (Lipinski definition) is 4. The summed E-state index contributed by atoms with van der Waals surface area (Å²) in [6.07, 6.45) is 3.79. The minimum atomic E-state index is 0.741. The lowest BCUT2D eigenvalue weighted by Gasteiger charge is -2.09. The summed E-state index contributed by atoms with van der Waals surface area (Å²) in [5, 5.41) is 7.65. The highest BCUT2D eigenvalue weighted by atomic mass is 16.5. The molecule has 0 bridgehead atoms. The molecule has 5 heteroatoms. The Labute approximate surface area is 103 Å². The second-order valence-electron chi connectivity index (χ2n) is 3.88. The van der Waals surface area contributed by atoms with Gasteiger partial charge in [0.15, 0.2) is 5.75 Å². The van der Waals surface area contributed by atoms with Crippen molar-refractivity contribution >= 4 is 0 Å². The number of ether oxygens (including phenoxy) is 2. The molecule has 0 amide bonds. The zero-order valence-corrected chi connectivity index (χ0v) is 11.0. The third kappa shape index (κ3) is 4.36. The van der Waals surface area contributed by atoms with E-state index in [-0.39, 0.29) is 0 Å². The predicted octanol–water partition coefficient (Wildman–Crippen LogP) is 1.08. The average molecular weight is 241 g/mol. The van der Waals surface area contributed by atoms with Crippen molar-refractivity contribution in [2.45, 2.75) is 26.3 Å². The molecule has 0 spiro atoms. The summed E-state index contributed by atoms with van der Waals surface area (Å²) >= 11 is 0. The number of rotatable bonds is 9. The van der Waals surface area contributed by atoms with Crippen LogP contribution in [0.15, 0.2) is 6.20 Å². The monoisotopic (exact) mass is 241 g/mol. The molecule has 0 fully saturated rings. The molecular formula is C12H23N3O2. The van der Waals surface area contributed by atoms with Crippen LogP contribution in [0.4, 0.5) is 0 Å². The first-order chi connectivity index (χ1) is 8.33. The highest BCUT2D eigenvalue weighted by molar-refractivity contribution is 5.25. The molecule has 1 heterocycles. The van der Waals surface area contributed by atoms with Crippen LogP contribution in [0.1, 0.15) is 19.0 Å². The van der Waals surface area contributed by atoms with E-state index in [9.17, 15) is 0 Å². The summed E-state index contributed by atoms with van der Waals surface area (Å²) < 4.78 is 12.3. The van der Waals surface area contributed by atoms with E-state index in [1.807, 2.05) is 4.68 Å². The number of aromatic nitrogens is 2. The molecule has 1 aromatic heterocycles. The molecular weight excluding hydrogens is 218 g/mol. The molecule has 1 rings (SSSR count). The summed E-state index contributed by atoms with van der Waals surface area (Å²) in [7, 11) is 3.40. The van der Waals surface area contributed by atoms with Gasteiger partial charge in [0, 0.05) is 33.2 Å². The van der Waals surface area contributed by atoms with Gasteiger partial charge in [-0.2, -0.15) is 5.10 Å². The first-order valence-electron chi connectivity index (χ1n) is 6.11. The molecule has 0 aliphatic rings. The van der Waals surface area contributed by atoms with Crippen LogP contribution in [-0.4, -0.2) is 43.7 Å². The molecule has 0 aliphatic carbocycles. The van der Waals surface area contributed by atoms with Gasteiger partial charge in [0.1, 0.15) is 0 Å². The van der Waals surface area contributed by atoms with Gasteiger partial charge in [-0.1, -0.05) is 6.92 Å². The smallest absolute Gasteiger partial charge is 0.159 e. The Morgan fingerprint density at radius 2 is 2.18 bits per heavy atom. The van der Waals surface area contributed by atoms with Gasteiger partial charge in [0.05, 0.1) is 25.6 Å². The summed E-state index contributed by atoms with van der Waals surface area (Å²) in [5.74, 6) is 0.881. The molecule has 5 nitrogen and oxygen atoms in total. The highest BCUT2D eigenvalue weighted by Gasteiger charge is 2.09. The molecule has 17 heavy (non-hydrogen) atoms. The number of nitrogens with zero attached hydrogens (tertiary/aromatic N) is 2. The van der Waals surface area contributed by atoms with Crippen LogP contribution in [0.5, 0.6) is 5.75 Å². The lowest BCUT2D eigenvalue weighted by atomic mass is 10.3. The van der Waals surface area contributed by atoms with E-state index < -0.39 is 0 Å². The fourth-order valence-electron chi connectivity index (χ4n) is 1.73. The van der Waals surface area contributed by atoms with E-state index in [0.717, 1.165) is 44.8 Å². The average Bonchev–Trinajstić information content (AvgIpc) is 2.72. The SMILES string of the molecule is CCCn1ncc(OC)c1CCNCCOC. The van der Waals surface area contributed by atoms with Crippen LogP contribution in [0, 0.1) is 0 Å². The first kappa shape index (κ1) is 14.0. The van der Waals surface area contributed by atoms with Gasteiger partial charge in [-0.25, -0.2) is 0 Å². The summed E-state index contributed by atoms with van der Waals surface area (Å²) in [4.78, 5) is 0. The Hall–Kier alpha value is -1.07.